The first kappa shape index (κ1) is 14.4. The molecule has 2 fully saturated rings. The highest BCUT2D eigenvalue weighted by Crippen LogP contribution is 2.33. The second-order valence-electron chi connectivity index (χ2n) is 5.45. The number of nitrogens with one attached hydrogen (secondary N) is 1. The third-order valence-corrected chi connectivity index (χ3v) is 4.90. The fraction of sp³-hybridized carbons (Fsp3) is 0.786. The summed E-state index contributed by atoms with van der Waals surface area (Å²) in [6, 6.07) is 0. The fourth-order valence-electron chi connectivity index (χ4n) is 2.75. The monoisotopic (exact) mass is 298 g/mol. The lowest BCUT2D eigenvalue weighted by Gasteiger charge is -2.31. The molecule has 2 aliphatic rings. The fourth-order valence-corrected chi connectivity index (χ4v) is 3.65. The summed E-state index contributed by atoms with van der Waals surface area (Å²) in [5, 5.41) is 4.58. The molecule has 0 aromatic carbocycles. The molecule has 20 heavy (non-hydrogen) atoms. The van der Waals surface area contributed by atoms with Crippen molar-refractivity contribution < 1.29 is 14.2 Å². The van der Waals surface area contributed by atoms with Gasteiger partial charge < -0.3 is 19.5 Å². The molecule has 1 atom stereocenters. The van der Waals surface area contributed by atoms with Gasteiger partial charge in [-0.1, -0.05) is 0 Å². The number of aromatic nitrogens is 1. The zero-order valence-corrected chi connectivity index (χ0v) is 12.9. The van der Waals surface area contributed by atoms with Crippen LogP contribution < -0.4 is 5.32 Å². The van der Waals surface area contributed by atoms with Crippen LogP contribution in [0.1, 0.15) is 28.4 Å². The van der Waals surface area contributed by atoms with E-state index >= 15 is 0 Å². The maximum Gasteiger partial charge on any atom is 0.173 e. The standard InChI is InChI=1S/C14H22N2O3S/c1-10-13(20-11(2)16-10)8-15-7-12-9-18-14(19-12)3-5-17-6-4-14/h12,15H,3-9H2,1-2H3/t12-/m1/s1. The number of thiazole rings is 1. The summed E-state index contributed by atoms with van der Waals surface area (Å²) >= 11 is 1.76. The van der Waals surface area contributed by atoms with Crippen LogP contribution in [-0.2, 0) is 20.8 Å². The Labute approximate surface area is 123 Å². The first-order valence-corrected chi connectivity index (χ1v) is 8.02. The van der Waals surface area contributed by atoms with Gasteiger partial charge in [0.1, 0.15) is 0 Å². The van der Waals surface area contributed by atoms with Crippen molar-refractivity contribution in [3.8, 4) is 0 Å². The van der Waals surface area contributed by atoms with E-state index in [-0.39, 0.29) is 11.9 Å². The summed E-state index contributed by atoms with van der Waals surface area (Å²) in [5.41, 5.74) is 1.13. The van der Waals surface area contributed by atoms with E-state index < -0.39 is 0 Å². The summed E-state index contributed by atoms with van der Waals surface area (Å²) in [6.45, 7) is 7.93. The largest absolute Gasteiger partial charge is 0.381 e. The van der Waals surface area contributed by atoms with E-state index in [1.54, 1.807) is 11.3 Å². The smallest absolute Gasteiger partial charge is 0.173 e. The molecule has 0 saturated carbocycles. The number of ether oxygens (including phenoxy) is 3. The van der Waals surface area contributed by atoms with Gasteiger partial charge in [0.25, 0.3) is 0 Å². The third-order valence-electron chi connectivity index (χ3n) is 3.83. The molecule has 112 valence electrons. The predicted molar refractivity (Wildman–Crippen MR) is 76.9 cm³/mol. The van der Waals surface area contributed by atoms with Crippen molar-refractivity contribution in [2.45, 2.75) is 45.1 Å². The number of nitrogens with zero attached hydrogens (tertiary/aromatic N) is 1. The topological polar surface area (TPSA) is 52.6 Å². The molecular formula is C14H22N2O3S. The molecule has 0 aliphatic carbocycles. The van der Waals surface area contributed by atoms with Crippen LogP contribution in [-0.4, -0.2) is 43.2 Å². The SMILES string of the molecule is Cc1nc(C)c(CNC[C@@H]2COC3(CCOCC3)O2)s1. The first-order valence-electron chi connectivity index (χ1n) is 7.20. The molecule has 0 radical (unpaired) electrons. The van der Waals surface area contributed by atoms with E-state index in [2.05, 4.69) is 17.2 Å². The Balaban J connectivity index is 1.44. The molecule has 0 unspecified atom stereocenters. The summed E-state index contributed by atoms with van der Waals surface area (Å²) in [6.07, 6.45) is 1.83. The van der Waals surface area contributed by atoms with Crippen LogP contribution in [0.3, 0.4) is 0 Å². The van der Waals surface area contributed by atoms with E-state index in [9.17, 15) is 0 Å². The second kappa shape index (κ2) is 6.07. The molecule has 6 heteroatoms. The number of aryl methyl sites for hydroxylation is 2. The second-order valence-corrected chi connectivity index (χ2v) is 6.73. The van der Waals surface area contributed by atoms with Crippen molar-refractivity contribution >= 4 is 11.3 Å². The van der Waals surface area contributed by atoms with E-state index in [0.717, 1.165) is 49.8 Å². The lowest BCUT2D eigenvalue weighted by Crippen LogP contribution is -2.39. The van der Waals surface area contributed by atoms with Crippen LogP contribution in [0.15, 0.2) is 0 Å². The highest BCUT2D eigenvalue weighted by molar-refractivity contribution is 7.11. The van der Waals surface area contributed by atoms with Gasteiger partial charge >= 0.3 is 0 Å². The molecule has 1 aromatic heterocycles. The molecular weight excluding hydrogens is 276 g/mol. The van der Waals surface area contributed by atoms with Crippen LogP contribution >= 0.6 is 11.3 Å². The molecule has 5 nitrogen and oxygen atoms in total. The van der Waals surface area contributed by atoms with Gasteiger partial charge in [-0.15, -0.1) is 11.3 Å². The maximum atomic E-state index is 6.09. The molecule has 1 spiro atoms. The van der Waals surface area contributed by atoms with Crippen LogP contribution in [0.25, 0.3) is 0 Å². The van der Waals surface area contributed by atoms with E-state index in [4.69, 9.17) is 14.2 Å². The quantitative estimate of drug-likeness (QED) is 0.918. The van der Waals surface area contributed by atoms with Gasteiger partial charge in [-0.25, -0.2) is 4.98 Å². The Morgan fingerprint density at radius 1 is 1.35 bits per heavy atom. The minimum atomic E-state index is -0.373. The van der Waals surface area contributed by atoms with Gasteiger partial charge in [0.05, 0.1) is 36.6 Å². The number of hydrogen-bond acceptors (Lipinski definition) is 6. The Hall–Kier alpha value is -0.530. The van der Waals surface area contributed by atoms with Gasteiger partial charge in [0, 0.05) is 30.8 Å². The summed E-state index contributed by atoms with van der Waals surface area (Å²) in [5.74, 6) is -0.373. The van der Waals surface area contributed by atoms with Crippen molar-refractivity contribution in [2.75, 3.05) is 26.4 Å². The van der Waals surface area contributed by atoms with Crippen molar-refractivity contribution in [2.24, 2.45) is 0 Å². The molecule has 2 saturated heterocycles. The zero-order chi connectivity index (χ0) is 14.0. The molecule has 3 rings (SSSR count). The average Bonchev–Trinajstić information content (AvgIpc) is 2.95. The first-order chi connectivity index (χ1) is 9.67. The van der Waals surface area contributed by atoms with Gasteiger partial charge in [0.15, 0.2) is 5.79 Å². The molecule has 0 bridgehead atoms. The number of rotatable bonds is 4. The lowest BCUT2D eigenvalue weighted by molar-refractivity contribution is -0.210. The zero-order valence-electron chi connectivity index (χ0n) is 12.1. The van der Waals surface area contributed by atoms with Crippen molar-refractivity contribution in [3.05, 3.63) is 15.6 Å². The minimum absolute atomic E-state index is 0.141. The van der Waals surface area contributed by atoms with Crippen molar-refractivity contribution in [3.63, 3.8) is 0 Å². The Bertz CT molecular complexity index is 457. The maximum absolute atomic E-state index is 6.09. The summed E-state index contributed by atoms with van der Waals surface area (Å²) in [7, 11) is 0. The third kappa shape index (κ3) is 3.20. The molecule has 3 heterocycles. The van der Waals surface area contributed by atoms with Crippen LogP contribution in [0, 0.1) is 13.8 Å². The Morgan fingerprint density at radius 2 is 2.15 bits per heavy atom. The van der Waals surface area contributed by atoms with Crippen LogP contribution in [0.2, 0.25) is 0 Å². The summed E-state index contributed by atoms with van der Waals surface area (Å²) < 4.78 is 17.3. The van der Waals surface area contributed by atoms with Gasteiger partial charge in [-0.05, 0) is 13.8 Å². The lowest BCUT2D eigenvalue weighted by atomic mass is 10.1. The van der Waals surface area contributed by atoms with Gasteiger partial charge in [0.2, 0.25) is 0 Å². The van der Waals surface area contributed by atoms with Crippen LogP contribution in [0.4, 0.5) is 0 Å². The Kier molecular flexibility index (Phi) is 4.37. The normalized spacial score (nSPS) is 25.4. The van der Waals surface area contributed by atoms with E-state index in [1.807, 2.05) is 6.92 Å². The van der Waals surface area contributed by atoms with Crippen molar-refractivity contribution in [1.82, 2.24) is 10.3 Å². The number of hydrogen-bond donors (Lipinski definition) is 1. The van der Waals surface area contributed by atoms with E-state index in [1.165, 1.54) is 4.88 Å². The summed E-state index contributed by atoms with van der Waals surface area (Å²) in [4.78, 5) is 5.75. The van der Waals surface area contributed by atoms with Gasteiger partial charge in [-0.3, -0.25) is 0 Å². The molecule has 1 N–H and O–H groups in total. The highest BCUT2D eigenvalue weighted by Gasteiger charge is 2.42. The average molecular weight is 298 g/mol. The molecule has 0 amide bonds. The van der Waals surface area contributed by atoms with Gasteiger partial charge in [-0.2, -0.15) is 0 Å². The highest BCUT2D eigenvalue weighted by atomic mass is 32.1. The molecule has 1 aromatic rings. The van der Waals surface area contributed by atoms with E-state index in [0.29, 0.717) is 6.61 Å². The Morgan fingerprint density at radius 3 is 2.85 bits per heavy atom. The molecule has 2 aliphatic heterocycles. The van der Waals surface area contributed by atoms with Crippen LogP contribution in [0.5, 0.6) is 0 Å². The van der Waals surface area contributed by atoms with Crippen molar-refractivity contribution in [1.29, 1.82) is 0 Å². The predicted octanol–water partition coefficient (Wildman–Crippen LogP) is 1.77. The minimum Gasteiger partial charge on any atom is -0.381 e.